The standard InChI is InChI=1S/C12H18N4O2/c13-9-12(3-1-2-4-12)15-11(18)8-16-6-5-14-10(17)7-16/h1-8H2,(H,14,17)(H,15,18). The Hall–Kier alpha value is -1.61. The highest BCUT2D eigenvalue weighted by Gasteiger charge is 2.35. The van der Waals surface area contributed by atoms with Crippen LogP contribution < -0.4 is 10.6 Å². The monoisotopic (exact) mass is 250 g/mol. The van der Waals surface area contributed by atoms with E-state index in [4.69, 9.17) is 0 Å². The number of hydrogen-bond acceptors (Lipinski definition) is 4. The topological polar surface area (TPSA) is 85.2 Å². The lowest BCUT2D eigenvalue weighted by Gasteiger charge is -2.28. The van der Waals surface area contributed by atoms with Gasteiger partial charge in [0.1, 0.15) is 5.54 Å². The number of carbonyl (C=O) groups excluding carboxylic acids is 2. The molecular formula is C12H18N4O2. The third-order valence-corrected chi connectivity index (χ3v) is 3.53. The Morgan fingerprint density at radius 1 is 1.50 bits per heavy atom. The predicted molar refractivity (Wildman–Crippen MR) is 64.4 cm³/mol. The highest BCUT2D eigenvalue weighted by atomic mass is 16.2. The molecule has 1 saturated heterocycles. The van der Waals surface area contributed by atoms with Gasteiger partial charge in [0.2, 0.25) is 11.8 Å². The van der Waals surface area contributed by atoms with E-state index in [1.54, 1.807) is 4.90 Å². The van der Waals surface area contributed by atoms with Crippen LogP contribution in [0.1, 0.15) is 25.7 Å². The van der Waals surface area contributed by atoms with Crippen LogP contribution in [0.25, 0.3) is 0 Å². The van der Waals surface area contributed by atoms with E-state index in [1.165, 1.54) is 0 Å². The van der Waals surface area contributed by atoms with Gasteiger partial charge in [0.25, 0.3) is 0 Å². The molecule has 2 aliphatic rings. The first-order chi connectivity index (χ1) is 8.63. The van der Waals surface area contributed by atoms with Crippen molar-refractivity contribution < 1.29 is 9.59 Å². The first kappa shape index (κ1) is 12.8. The van der Waals surface area contributed by atoms with Crippen molar-refractivity contribution in [2.75, 3.05) is 26.2 Å². The molecule has 0 bridgehead atoms. The Morgan fingerprint density at radius 2 is 2.22 bits per heavy atom. The van der Waals surface area contributed by atoms with Crippen LogP contribution in [-0.4, -0.2) is 48.4 Å². The summed E-state index contributed by atoms with van der Waals surface area (Å²) in [5, 5.41) is 14.7. The summed E-state index contributed by atoms with van der Waals surface area (Å²) >= 11 is 0. The number of rotatable bonds is 3. The van der Waals surface area contributed by atoms with E-state index >= 15 is 0 Å². The Bertz CT molecular complexity index is 382. The zero-order chi connectivity index (χ0) is 13.0. The van der Waals surface area contributed by atoms with Crippen LogP contribution in [0.5, 0.6) is 0 Å². The number of amides is 2. The third-order valence-electron chi connectivity index (χ3n) is 3.53. The molecule has 0 atom stereocenters. The lowest BCUT2D eigenvalue weighted by molar-refractivity contribution is -0.127. The molecule has 2 fully saturated rings. The second kappa shape index (κ2) is 5.36. The van der Waals surface area contributed by atoms with Gasteiger partial charge in [-0.3, -0.25) is 14.5 Å². The van der Waals surface area contributed by atoms with Crippen molar-refractivity contribution in [2.24, 2.45) is 0 Å². The molecule has 1 heterocycles. The van der Waals surface area contributed by atoms with E-state index in [-0.39, 0.29) is 24.9 Å². The van der Waals surface area contributed by atoms with E-state index in [9.17, 15) is 14.9 Å². The zero-order valence-corrected chi connectivity index (χ0v) is 10.4. The van der Waals surface area contributed by atoms with Crippen molar-refractivity contribution in [2.45, 2.75) is 31.2 Å². The molecule has 2 rings (SSSR count). The fraction of sp³-hybridized carbons (Fsp3) is 0.750. The smallest absolute Gasteiger partial charge is 0.235 e. The Morgan fingerprint density at radius 3 is 2.83 bits per heavy atom. The second-order valence-corrected chi connectivity index (χ2v) is 5.01. The Balaban J connectivity index is 1.85. The molecule has 98 valence electrons. The van der Waals surface area contributed by atoms with Gasteiger partial charge in [0.15, 0.2) is 0 Å². The number of nitriles is 1. The van der Waals surface area contributed by atoms with Crippen LogP contribution >= 0.6 is 0 Å². The number of hydrogen-bond donors (Lipinski definition) is 2. The fourth-order valence-corrected chi connectivity index (χ4v) is 2.58. The molecule has 0 aromatic heterocycles. The molecule has 1 aliphatic carbocycles. The van der Waals surface area contributed by atoms with E-state index in [0.717, 1.165) is 25.7 Å². The van der Waals surface area contributed by atoms with Crippen molar-refractivity contribution in [3.8, 4) is 6.07 Å². The lowest BCUT2D eigenvalue weighted by Crippen LogP contribution is -2.53. The summed E-state index contributed by atoms with van der Waals surface area (Å²) in [5.74, 6) is -0.210. The van der Waals surface area contributed by atoms with Crippen LogP contribution in [0, 0.1) is 11.3 Å². The van der Waals surface area contributed by atoms with Gasteiger partial charge in [-0.15, -0.1) is 0 Å². The van der Waals surface area contributed by atoms with Gasteiger partial charge in [0.05, 0.1) is 19.2 Å². The minimum absolute atomic E-state index is 0.0510. The minimum atomic E-state index is -0.671. The van der Waals surface area contributed by atoms with E-state index in [2.05, 4.69) is 16.7 Å². The summed E-state index contributed by atoms with van der Waals surface area (Å²) in [6, 6.07) is 2.22. The summed E-state index contributed by atoms with van der Waals surface area (Å²) < 4.78 is 0. The molecule has 0 aromatic carbocycles. The van der Waals surface area contributed by atoms with Gasteiger partial charge < -0.3 is 10.6 Å². The summed E-state index contributed by atoms with van der Waals surface area (Å²) in [7, 11) is 0. The van der Waals surface area contributed by atoms with Gasteiger partial charge in [-0.05, 0) is 25.7 Å². The highest BCUT2D eigenvalue weighted by Crippen LogP contribution is 2.28. The molecule has 6 heteroatoms. The van der Waals surface area contributed by atoms with Crippen LogP contribution in [0.15, 0.2) is 0 Å². The quantitative estimate of drug-likeness (QED) is 0.698. The molecule has 2 amide bonds. The molecule has 18 heavy (non-hydrogen) atoms. The maximum atomic E-state index is 11.9. The summed E-state index contributed by atoms with van der Waals surface area (Å²) in [6.45, 7) is 1.71. The highest BCUT2D eigenvalue weighted by molar-refractivity contribution is 5.82. The molecule has 1 aliphatic heterocycles. The molecule has 0 aromatic rings. The molecular weight excluding hydrogens is 232 g/mol. The van der Waals surface area contributed by atoms with E-state index in [1.807, 2.05) is 0 Å². The van der Waals surface area contributed by atoms with Gasteiger partial charge in [0, 0.05) is 13.1 Å². The third kappa shape index (κ3) is 2.99. The zero-order valence-electron chi connectivity index (χ0n) is 10.4. The summed E-state index contributed by atoms with van der Waals surface area (Å²) in [5.41, 5.74) is -0.671. The van der Waals surface area contributed by atoms with Crippen LogP contribution in [0.3, 0.4) is 0 Å². The van der Waals surface area contributed by atoms with Crippen LogP contribution in [-0.2, 0) is 9.59 Å². The normalized spacial score (nSPS) is 23.2. The molecule has 1 saturated carbocycles. The van der Waals surface area contributed by atoms with Crippen LogP contribution in [0.4, 0.5) is 0 Å². The van der Waals surface area contributed by atoms with Gasteiger partial charge in [-0.1, -0.05) is 0 Å². The molecule has 0 unspecified atom stereocenters. The maximum Gasteiger partial charge on any atom is 0.235 e. The maximum absolute atomic E-state index is 11.9. The number of nitrogens with one attached hydrogen (secondary N) is 2. The number of piperazine rings is 1. The molecule has 2 N–H and O–H groups in total. The lowest BCUT2D eigenvalue weighted by atomic mass is 10.00. The first-order valence-electron chi connectivity index (χ1n) is 6.35. The summed E-state index contributed by atoms with van der Waals surface area (Å²) in [6.07, 6.45) is 3.44. The van der Waals surface area contributed by atoms with Crippen molar-refractivity contribution in [3.63, 3.8) is 0 Å². The SMILES string of the molecule is N#CC1(NC(=O)CN2CCNC(=O)C2)CCCC1. The molecule has 0 radical (unpaired) electrons. The molecule has 0 spiro atoms. The van der Waals surface area contributed by atoms with Crippen LogP contribution in [0.2, 0.25) is 0 Å². The first-order valence-corrected chi connectivity index (χ1v) is 6.35. The van der Waals surface area contributed by atoms with E-state index in [0.29, 0.717) is 13.1 Å². The van der Waals surface area contributed by atoms with Crippen molar-refractivity contribution in [1.82, 2.24) is 15.5 Å². The average Bonchev–Trinajstić information content (AvgIpc) is 2.78. The molecule has 6 nitrogen and oxygen atoms in total. The largest absolute Gasteiger partial charge is 0.354 e. The minimum Gasteiger partial charge on any atom is -0.354 e. The van der Waals surface area contributed by atoms with Crippen molar-refractivity contribution in [3.05, 3.63) is 0 Å². The van der Waals surface area contributed by atoms with Gasteiger partial charge >= 0.3 is 0 Å². The Labute approximate surface area is 106 Å². The number of carbonyl (C=O) groups is 2. The van der Waals surface area contributed by atoms with Crippen molar-refractivity contribution >= 4 is 11.8 Å². The predicted octanol–water partition coefficient (Wildman–Crippen LogP) is -0.629. The Kier molecular flexibility index (Phi) is 3.82. The fourth-order valence-electron chi connectivity index (χ4n) is 2.58. The van der Waals surface area contributed by atoms with Gasteiger partial charge in [-0.25, -0.2) is 0 Å². The average molecular weight is 250 g/mol. The second-order valence-electron chi connectivity index (χ2n) is 5.01. The van der Waals surface area contributed by atoms with E-state index < -0.39 is 5.54 Å². The number of nitrogens with zero attached hydrogens (tertiary/aromatic N) is 2. The summed E-state index contributed by atoms with van der Waals surface area (Å²) in [4.78, 5) is 24.9. The van der Waals surface area contributed by atoms with Crippen molar-refractivity contribution in [1.29, 1.82) is 5.26 Å². The van der Waals surface area contributed by atoms with Gasteiger partial charge in [-0.2, -0.15) is 5.26 Å².